The second-order valence-corrected chi connectivity index (χ2v) is 16.4. The Labute approximate surface area is 215 Å². The highest BCUT2D eigenvalue weighted by Crippen LogP contribution is 2.46. The first-order valence-electron chi connectivity index (χ1n) is 11.7. The third-order valence-corrected chi connectivity index (χ3v) is 14.7. The van der Waals surface area contributed by atoms with E-state index in [0.717, 1.165) is 17.0 Å². The minimum absolute atomic E-state index is 0.138. The Morgan fingerprint density at radius 3 is 2.14 bits per heavy atom. The van der Waals surface area contributed by atoms with Gasteiger partial charge in [0.25, 0.3) is 0 Å². The third kappa shape index (κ3) is 4.56. The Morgan fingerprint density at radius 2 is 1.63 bits per heavy atom. The molecule has 0 amide bonds. The van der Waals surface area contributed by atoms with Gasteiger partial charge in [0, 0.05) is 27.9 Å². The molecule has 0 spiro atoms. The van der Waals surface area contributed by atoms with Gasteiger partial charge >= 0.3 is 5.97 Å². The average molecular weight is 562 g/mol. The van der Waals surface area contributed by atoms with Crippen molar-refractivity contribution in [2.24, 2.45) is 0 Å². The van der Waals surface area contributed by atoms with Crippen LogP contribution in [0.5, 0.6) is 0 Å². The highest BCUT2D eigenvalue weighted by atomic mass is 79.9. The summed E-state index contributed by atoms with van der Waals surface area (Å²) in [6.07, 6.45) is 0.916. The Kier molecular flexibility index (Phi) is 7.92. The monoisotopic (exact) mass is 560 g/mol. The van der Waals surface area contributed by atoms with E-state index in [0.29, 0.717) is 26.7 Å². The first-order valence-corrected chi connectivity index (χ1v) is 14.7. The van der Waals surface area contributed by atoms with Gasteiger partial charge in [-0.05, 0) is 68.6 Å². The predicted octanol–water partition coefficient (Wildman–Crippen LogP) is 8.91. The Bertz CT molecular complexity index is 1290. The molecule has 35 heavy (non-hydrogen) atoms. The number of nitrogens with zero attached hydrogens (tertiary/aromatic N) is 2. The van der Waals surface area contributed by atoms with Crippen molar-refractivity contribution in [1.82, 2.24) is 4.23 Å². The maximum absolute atomic E-state index is 15.9. The summed E-state index contributed by atoms with van der Waals surface area (Å²) in [5.74, 6) is -1.84. The molecule has 0 aliphatic rings. The molecule has 3 aromatic rings. The molecule has 0 bridgehead atoms. The molecule has 0 saturated heterocycles. The van der Waals surface area contributed by atoms with Crippen LogP contribution in [0.2, 0.25) is 16.6 Å². The first kappa shape index (κ1) is 27.1. The fraction of sp³-hybridized carbons (Fsp3) is 0.407. The molecule has 1 aromatic heterocycles. The molecule has 0 aliphatic heterocycles. The van der Waals surface area contributed by atoms with Crippen LogP contribution in [-0.4, -0.2) is 18.4 Å². The number of hydrogen-bond acceptors (Lipinski definition) is 2. The van der Waals surface area contributed by atoms with Crippen molar-refractivity contribution in [2.45, 2.75) is 71.2 Å². The van der Waals surface area contributed by atoms with Gasteiger partial charge < -0.3 is 8.97 Å². The number of ether oxygens (including phenoxy) is 1. The normalized spacial score (nSPS) is 13.0. The summed E-state index contributed by atoms with van der Waals surface area (Å²) < 4.78 is 38.2. The van der Waals surface area contributed by atoms with Crippen molar-refractivity contribution in [3.8, 4) is 0 Å². The lowest BCUT2D eigenvalue weighted by Crippen LogP contribution is -2.51. The van der Waals surface area contributed by atoms with Crippen LogP contribution >= 0.6 is 15.9 Å². The minimum atomic E-state index is -2.15. The maximum Gasteiger partial charge on any atom is 0.303 e. The lowest BCUT2D eigenvalue weighted by Gasteiger charge is -2.44. The number of carbonyl (C=O) groups is 1. The Balaban J connectivity index is 2.32. The SMILES string of the molecule is [C-]#[N+]c1cc(C(OC(C)=O)c2c(F)cc3c(ccn3[Si](C(C)C)(C(C)C)C(C)C)c2Br)ccc1F. The van der Waals surface area contributed by atoms with E-state index >= 15 is 4.39 Å². The molecular weight excluding hydrogens is 530 g/mol. The molecule has 1 unspecified atom stereocenters. The number of carbonyl (C=O) groups excluding carboxylic acids is 1. The van der Waals surface area contributed by atoms with Gasteiger partial charge in [-0.15, -0.1) is 0 Å². The lowest BCUT2D eigenvalue weighted by atomic mass is 9.98. The van der Waals surface area contributed by atoms with Crippen molar-refractivity contribution in [3.63, 3.8) is 0 Å². The van der Waals surface area contributed by atoms with Crippen LogP contribution in [0, 0.1) is 18.2 Å². The van der Waals surface area contributed by atoms with E-state index in [2.05, 4.69) is 72.7 Å². The van der Waals surface area contributed by atoms with Gasteiger partial charge in [-0.3, -0.25) is 4.79 Å². The number of rotatable bonds is 7. The standard InChI is InChI=1S/C27H31BrF2N2O2Si/c1-15(2)35(16(3)4,17(5)6)32-12-11-20-24(32)14-22(30)25(26(20)28)27(34-18(7)33)19-9-10-21(29)23(13-19)31-8/h9-17,27H,1-7H3. The van der Waals surface area contributed by atoms with Gasteiger partial charge in [-0.1, -0.05) is 47.6 Å². The highest BCUT2D eigenvalue weighted by Gasteiger charge is 2.46. The van der Waals surface area contributed by atoms with Crippen molar-refractivity contribution >= 4 is 46.7 Å². The maximum atomic E-state index is 15.9. The number of esters is 1. The molecular formula is C27H31BrF2N2O2Si. The van der Waals surface area contributed by atoms with E-state index in [9.17, 15) is 9.18 Å². The van der Waals surface area contributed by atoms with Crippen LogP contribution in [0.15, 0.2) is 41.0 Å². The quantitative estimate of drug-likeness (QED) is 0.164. The summed E-state index contributed by atoms with van der Waals surface area (Å²) in [6.45, 7) is 21.9. The zero-order valence-corrected chi connectivity index (χ0v) is 23.7. The summed E-state index contributed by atoms with van der Waals surface area (Å²) in [4.78, 5) is 15.2. The van der Waals surface area contributed by atoms with Crippen molar-refractivity contribution in [3.05, 3.63) is 75.2 Å². The van der Waals surface area contributed by atoms with Crippen LogP contribution in [0.4, 0.5) is 14.5 Å². The van der Waals surface area contributed by atoms with E-state index in [4.69, 9.17) is 11.3 Å². The van der Waals surface area contributed by atoms with Gasteiger partial charge in [0.1, 0.15) is 11.6 Å². The lowest BCUT2D eigenvalue weighted by molar-refractivity contribution is -0.144. The molecule has 8 heteroatoms. The predicted molar refractivity (Wildman–Crippen MR) is 142 cm³/mol. The average Bonchev–Trinajstić information content (AvgIpc) is 3.17. The van der Waals surface area contributed by atoms with Crippen LogP contribution in [-0.2, 0) is 9.53 Å². The van der Waals surface area contributed by atoms with Crippen molar-refractivity contribution in [1.29, 1.82) is 0 Å². The Hall–Kier alpha value is -2.50. The van der Waals surface area contributed by atoms with E-state index in [1.807, 2.05) is 6.07 Å². The molecule has 0 radical (unpaired) electrons. The highest BCUT2D eigenvalue weighted by molar-refractivity contribution is 9.10. The van der Waals surface area contributed by atoms with Gasteiger partial charge in [0.05, 0.1) is 6.57 Å². The van der Waals surface area contributed by atoms with E-state index in [1.165, 1.54) is 25.1 Å². The Morgan fingerprint density at radius 1 is 1.03 bits per heavy atom. The summed E-state index contributed by atoms with van der Waals surface area (Å²) in [6, 6.07) is 7.32. The topological polar surface area (TPSA) is 35.6 Å². The largest absolute Gasteiger partial charge is 0.453 e. The zero-order chi connectivity index (χ0) is 26.2. The van der Waals surface area contributed by atoms with Gasteiger partial charge in [0.15, 0.2) is 14.3 Å². The third-order valence-electron chi connectivity index (χ3n) is 7.05. The molecule has 2 aromatic carbocycles. The minimum Gasteiger partial charge on any atom is -0.453 e. The van der Waals surface area contributed by atoms with Gasteiger partial charge in [-0.2, -0.15) is 0 Å². The summed E-state index contributed by atoms with van der Waals surface area (Å²) in [5.41, 5.74) is 2.28. The molecule has 1 heterocycles. The zero-order valence-electron chi connectivity index (χ0n) is 21.1. The number of benzene rings is 2. The number of hydrogen-bond donors (Lipinski definition) is 0. The van der Waals surface area contributed by atoms with Crippen LogP contribution in [0.1, 0.15) is 65.7 Å². The first-order chi connectivity index (χ1) is 16.4. The van der Waals surface area contributed by atoms with Crippen molar-refractivity contribution in [2.75, 3.05) is 0 Å². The second-order valence-electron chi connectivity index (χ2n) is 9.87. The second kappa shape index (κ2) is 10.2. The fourth-order valence-corrected chi connectivity index (χ4v) is 13.2. The molecule has 186 valence electrons. The molecule has 1 atom stereocenters. The fourth-order valence-electron chi connectivity index (χ4n) is 5.88. The molecule has 0 N–H and O–H groups in total. The summed E-state index contributed by atoms with van der Waals surface area (Å²) in [7, 11) is -2.15. The van der Waals surface area contributed by atoms with Crippen molar-refractivity contribution < 1.29 is 18.3 Å². The van der Waals surface area contributed by atoms with Crippen LogP contribution in [0.3, 0.4) is 0 Å². The van der Waals surface area contributed by atoms with Gasteiger partial charge in [0.2, 0.25) is 5.69 Å². The molecule has 4 nitrogen and oxygen atoms in total. The summed E-state index contributed by atoms with van der Waals surface area (Å²) >= 11 is 3.60. The number of halogens is 3. The number of fused-ring (bicyclic) bond motifs is 1. The molecule has 0 aliphatic carbocycles. The number of aromatic nitrogens is 1. The van der Waals surface area contributed by atoms with Crippen LogP contribution in [0.25, 0.3) is 15.7 Å². The van der Waals surface area contributed by atoms with Gasteiger partial charge in [-0.25, -0.2) is 13.6 Å². The molecule has 0 fully saturated rings. The van der Waals surface area contributed by atoms with E-state index in [1.54, 1.807) is 0 Å². The van der Waals surface area contributed by atoms with E-state index < -0.39 is 31.9 Å². The van der Waals surface area contributed by atoms with Crippen LogP contribution < -0.4 is 0 Å². The van der Waals surface area contributed by atoms with E-state index in [-0.39, 0.29) is 11.3 Å². The molecule has 0 saturated carbocycles. The summed E-state index contributed by atoms with van der Waals surface area (Å²) in [5, 5.41) is 0.810. The smallest absolute Gasteiger partial charge is 0.303 e. The molecule has 3 rings (SSSR count).